The van der Waals surface area contributed by atoms with Gasteiger partial charge in [0.2, 0.25) is 0 Å². The topological polar surface area (TPSA) is 17.1 Å². The molecule has 0 spiro atoms. The van der Waals surface area contributed by atoms with Crippen molar-refractivity contribution in [2.75, 3.05) is 0 Å². The van der Waals surface area contributed by atoms with Gasteiger partial charge in [-0.3, -0.25) is 4.79 Å². The number of rotatable bonds is 3. The summed E-state index contributed by atoms with van der Waals surface area (Å²) in [6.07, 6.45) is -6.29. The minimum absolute atomic E-state index is 0.0742. The second-order valence-corrected chi connectivity index (χ2v) is 4.03. The number of ketones is 1. The van der Waals surface area contributed by atoms with Gasteiger partial charge in [0.25, 0.3) is 0 Å². The lowest BCUT2D eigenvalue weighted by Gasteiger charge is -2.08. The Bertz CT molecular complexity index is 440. The molecule has 0 heterocycles. The fourth-order valence-corrected chi connectivity index (χ4v) is 1.52. The van der Waals surface area contributed by atoms with E-state index in [4.69, 9.17) is 11.6 Å². The van der Waals surface area contributed by atoms with Crippen LogP contribution in [-0.2, 0) is 0 Å². The van der Waals surface area contributed by atoms with Crippen LogP contribution in [0.4, 0.5) is 17.6 Å². The van der Waals surface area contributed by atoms with Gasteiger partial charge in [-0.05, 0) is 24.6 Å². The summed E-state index contributed by atoms with van der Waals surface area (Å²) in [7, 11) is 0. The van der Waals surface area contributed by atoms with E-state index in [2.05, 4.69) is 0 Å². The summed E-state index contributed by atoms with van der Waals surface area (Å²) in [6, 6.07) is 2.09. The fourth-order valence-electron chi connectivity index (χ4n) is 1.26. The predicted octanol–water partition coefficient (Wildman–Crippen LogP) is 4.31. The zero-order valence-corrected chi connectivity index (χ0v) is 9.62. The zero-order valence-electron chi connectivity index (χ0n) is 8.87. The van der Waals surface area contributed by atoms with E-state index in [1.807, 2.05) is 0 Å². The summed E-state index contributed by atoms with van der Waals surface area (Å²) in [5, 5.41) is -0.166. The van der Waals surface area contributed by atoms with E-state index in [1.54, 1.807) is 0 Å². The molecule has 6 heteroatoms. The molecule has 0 aromatic heterocycles. The maximum absolute atomic E-state index is 13.0. The molecule has 1 aromatic rings. The molecule has 0 atom stereocenters. The normalized spacial score (nSPS) is 11.6. The maximum atomic E-state index is 13.0. The van der Waals surface area contributed by atoms with E-state index >= 15 is 0 Å². The van der Waals surface area contributed by atoms with Gasteiger partial charge in [0.15, 0.2) is 5.78 Å². The third-order valence-corrected chi connectivity index (χ3v) is 2.50. The van der Waals surface area contributed by atoms with Gasteiger partial charge in [-0.15, -0.1) is 0 Å². The van der Waals surface area contributed by atoms with E-state index in [1.165, 1.54) is 6.92 Å². The smallest absolute Gasteiger partial charge is 0.294 e. The summed E-state index contributed by atoms with van der Waals surface area (Å²) < 4.78 is 48.8. The fraction of sp³-hybridized carbons (Fsp3) is 0.364. The van der Waals surface area contributed by atoms with Crippen LogP contribution in [0, 0.1) is 12.7 Å². The highest BCUT2D eigenvalue weighted by molar-refractivity contribution is 6.34. The molecule has 0 N–H and O–H groups in total. The molecule has 0 aliphatic rings. The standard InChI is InChI=1S/C11H9ClF4O/c1-6-4-7(8(12)5-9(6)13)10(17)2-3-11(14,15)16/h4-5H,2-3H2,1H3. The van der Waals surface area contributed by atoms with Gasteiger partial charge < -0.3 is 0 Å². The number of hydrogen-bond acceptors (Lipinski definition) is 1. The van der Waals surface area contributed by atoms with Crippen molar-refractivity contribution in [3.05, 3.63) is 34.1 Å². The van der Waals surface area contributed by atoms with E-state index in [9.17, 15) is 22.4 Å². The number of carbonyl (C=O) groups is 1. The van der Waals surface area contributed by atoms with Gasteiger partial charge in [-0.1, -0.05) is 11.6 Å². The van der Waals surface area contributed by atoms with Crippen LogP contribution in [0.15, 0.2) is 12.1 Å². The molecule has 1 rings (SSSR count). The molecule has 0 radical (unpaired) electrons. The lowest BCUT2D eigenvalue weighted by atomic mass is 10.0. The number of carbonyl (C=O) groups excluding carboxylic acids is 1. The van der Waals surface area contributed by atoms with E-state index < -0.39 is 30.6 Å². The first kappa shape index (κ1) is 14.0. The Kier molecular flexibility index (Phi) is 4.14. The summed E-state index contributed by atoms with van der Waals surface area (Å²) in [5.74, 6) is -1.34. The van der Waals surface area contributed by atoms with Crippen LogP contribution in [0.1, 0.15) is 28.8 Å². The molecule has 94 valence electrons. The minimum atomic E-state index is -4.39. The molecule has 0 saturated heterocycles. The third kappa shape index (κ3) is 4.00. The van der Waals surface area contributed by atoms with Gasteiger partial charge >= 0.3 is 6.18 Å². The molecular formula is C11H9ClF4O. The molecule has 0 unspecified atom stereocenters. The van der Waals surface area contributed by atoms with Gasteiger partial charge in [-0.25, -0.2) is 4.39 Å². The number of halogens is 5. The molecule has 0 bridgehead atoms. The number of alkyl halides is 3. The van der Waals surface area contributed by atoms with Crippen LogP contribution in [0.25, 0.3) is 0 Å². The molecule has 17 heavy (non-hydrogen) atoms. The van der Waals surface area contributed by atoms with E-state index in [-0.39, 0.29) is 16.1 Å². The monoisotopic (exact) mass is 268 g/mol. The summed E-state index contributed by atoms with van der Waals surface area (Å²) in [4.78, 5) is 11.5. The van der Waals surface area contributed by atoms with Crippen molar-refractivity contribution in [2.45, 2.75) is 25.9 Å². The molecule has 1 aromatic carbocycles. The van der Waals surface area contributed by atoms with Crippen molar-refractivity contribution in [1.29, 1.82) is 0 Å². The minimum Gasteiger partial charge on any atom is -0.294 e. The molecule has 1 nitrogen and oxygen atoms in total. The van der Waals surface area contributed by atoms with Crippen molar-refractivity contribution in [3.63, 3.8) is 0 Å². The van der Waals surface area contributed by atoms with Gasteiger partial charge in [-0.2, -0.15) is 13.2 Å². The number of aryl methyl sites for hydroxylation is 1. The Morgan fingerprint density at radius 3 is 2.47 bits per heavy atom. The van der Waals surface area contributed by atoms with Crippen LogP contribution < -0.4 is 0 Å². The quantitative estimate of drug-likeness (QED) is 0.590. The van der Waals surface area contributed by atoms with Gasteiger partial charge in [0, 0.05) is 12.0 Å². The highest BCUT2D eigenvalue weighted by Crippen LogP contribution is 2.26. The number of hydrogen-bond donors (Lipinski definition) is 0. The average molecular weight is 269 g/mol. The Morgan fingerprint density at radius 2 is 1.94 bits per heavy atom. The first-order chi connectivity index (χ1) is 7.70. The Balaban J connectivity index is 2.86. The summed E-state index contributed by atoms with van der Waals surface area (Å²) in [5.41, 5.74) is 0.0968. The molecule has 0 amide bonds. The van der Waals surface area contributed by atoms with Crippen molar-refractivity contribution < 1.29 is 22.4 Å². The molecule has 0 fully saturated rings. The van der Waals surface area contributed by atoms with Crippen molar-refractivity contribution >= 4 is 17.4 Å². The molecule has 0 saturated carbocycles. The number of benzene rings is 1. The van der Waals surface area contributed by atoms with Crippen molar-refractivity contribution in [3.8, 4) is 0 Å². The Hall–Kier alpha value is -1.10. The maximum Gasteiger partial charge on any atom is 0.389 e. The lowest BCUT2D eigenvalue weighted by Crippen LogP contribution is -2.11. The molecular weight excluding hydrogens is 260 g/mol. The first-order valence-corrected chi connectivity index (χ1v) is 5.14. The SMILES string of the molecule is Cc1cc(C(=O)CCC(F)(F)F)c(Cl)cc1F. The van der Waals surface area contributed by atoms with Gasteiger partial charge in [0.1, 0.15) is 5.82 Å². The van der Waals surface area contributed by atoms with Crippen molar-refractivity contribution in [2.24, 2.45) is 0 Å². The average Bonchev–Trinajstić information content (AvgIpc) is 2.19. The third-order valence-electron chi connectivity index (χ3n) is 2.18. The Morgan fingerprint density at radius 1 is 1.35 bits per heavy atom. The Labute approximate surface area is 100 Å². The second kappa shape index (κ2) is 5.04. The highest BCUT2D eigenvalue weighted by Gasteiger charge is 2.28. The summed E-state index contributed by atoms with van der Waals surface area (Å²) >= 11 is 5.60. The zero-order chi connectivity index (χ0) is 13.2. The molecule has 0 aliphatic heterocycles. The van der Waals surface area contributed by atoms with Crippen LogP contribution >= 0.6 is 11.6 Å². The van der Waals surface area contributed by atoms with E-state index in [0.29, 0.717) is 0 Å². The predicted molar refractivity (Wildman–Crippen MR) is 55.8 cm³/mol. The van der Waals surface area contributed by atoms with Crippen molar-refractivity contribution in [1.82, 2.24) is 0 Å². The van der Waals surface area contributed by atoms with Crippen LogP contribution in [0.2, 0.25) is 5.02 Å². The number of Topliss-reactive ketones (excluding diaryl/α,β-unsaturated/α-hetero) is 1. The van der Waals surface area contributed by atoms with Crippen LogP contribution in [-0.4, -0.2) is 12.0 Å². The molecule has 0 aliphatic carbocycles. The highest BCUT2D eigenvalue weighted by atomic mass is 35.5. The lowest BCUT2D eigenvalue weighted by molar-refractivity contribution is -0.133. The van der Waals surface area contributed by atoms with Gasteiger partial charge in [0.05, 0.1) is 11.4 Å². The van der Waals surface area contributed by atoms with E-state index in [0.717, 1.165) is 12.1 Å². The van der Waals surface area contributed by atoms with Crippen LogP contribution in [0.3, 0.4) is 0 Å². The largest absolute Gasteiger partial charge is 0.389 e. The van der Waals surface area contributed by atoms with Crippen LogP contribution in [0.5, 0.6) is 0 Å². The first-order valence-electron chi connectivity index (χ1n) is 4.76. The summed E-state index contributed by atoms with van der Waals surface area (Å²) in [6.45, 7) is 1.41. The second-order valence-electron chi connectivity index (χ2n) is 3.62.